The molecule has 1 heteroatoms. The third-order valence-electron chi connectivity index (χ3n) is 3.90. The first-order chi connectivity index (χ1) is 8.35. The quantitative estimate of drug-likeness (QED) is 0.502. The normalized spacial score (nSPS) is 16.7. The number of rotatable bonds is 7. The van der Waals surface area contributed by atoms with Gasteiger partial charge in [-0.2, -0.15) is 0 Å². The van der Waals surface area contributed by atoms with Gasteiger partial charge >= 0.3 is 0 Å². The van der Waals surface area contributed by atoms with E-state index in [1.165, 1.54) is 18.1 Å². The molecule has 0 saturated heterocycles. The van der Waals surface area contributed by atoms with E-state index in [0.717, 1.165) is 23.3 Å². The van der Waals surface area contributed by atoms with Crippen molar-refractivity contribution in [2.75, 3.05) is 0 Å². The average molecular weight is 265 g/mol. The van der Waals surface area contributed by atoms with Crippen molar-refractivity contribution < 1.29 is 0 Å². The van der Waals surface area contributed by atoms with Gasteiger partial charge in [0, 0.05) is 0 Å². The summed E-state index contributed by atoms with van der Waals surface area (Å²) < 4.78 is 0. The molecule has 104 valence electrons. The first-order valence-corrected chi connectivity index (χ1v) is 10.4. The summed E-state index contributed by atoms with van der Waals surface area (Å²) in [6, 6.07) is 4.47. The van der Waals surface area contributed by atoms with Crippen molar-refractivity contribution >= 4 is 8.07 Å². The molecule has 0 amide bonds. The Morgan fingerprint density at radius 1 is 0.722 bits per heavy atom. The van der Waals surface area contributed by atoms with Gasteiger partial charge in [-0.15, -0.1) is 0 Å². The summed E-state index contributed by atoms with van der Waals surface area (Å²) >= 11 is 0. The molecule has 0 nitrogen and oxygen atoms in total. The highest BCUT2D eigenvalue weighted by Crippen LogP contribution is 2.43. The van der Waals surface area contributed by atoms with E-state index in [1.807, 2.05) is 0 Å². The molecule has 0 heterocycles. The van der Waals surface area contributed by atoms with E-state index in [0.29, 0.717) is 0 Å². The first kappa shape index (κ1) is 15.8. The zero-order chi connectivity index (χ0) is 13.8. The van der Waals surface area contributed by atoms with Crippen molar-refractivity contribution in [3.63, 3.8) is 0 Å². The molecule has 0 aliphatic heterocycles. The highest BCUT2D eigenvalue weighted by Gasteiger charge is 2.40. The van der Waals surface area contributed by atoms with Gasteiger partial charge in [0.1, 0.15) is 0 Å². The van der Waals surface area contributed by atoms with Gasteiger partial charge < -0.3 is 0 Å². The fourth-order valence-corrected chi connectivity index (χ4v) is 11.2. The Labute approximate surface area is 116 Å². The van der Waals surface area contributed by atoms with Crippen LogP contribution in [0.25, 0.3) is 0 Å². The molecule has 1 rings (SSSR count). The maximum atomic E-state index is 2.49. The maximum Gasteiger partial charge on any atom is 0.0656 e. The van der Waals surface area contributed by atoms with E-state index in [1.54, 1.807) is 0 Å². The fourth-order valence-electron chi connectivity index (χ4n) is 3.94. The third-order valence-corrected chi connectivity index (χ3v) is 10.6. The largest absolute Gasteiger partial charge is 0.0803 e. The van der Waals surface area contributed by atoms with Crippen LogP contribution < -0.4 is 0 Å². The van der Waals surface area contributed by atoms with E-state index >= 15 is 0 Å². The molecule has 0 spiro atoms. The molecule has 18 heavy (non-hydrogen) atoms. The zero-order valence-corrected chi connectivity index (χ0v) is 14.2. The third kappa shape index (κ3) is 4.42. The molecular weight excluding hydrogens is 232 g/mol. The summed E-state index contributed by atoms with van der Waals surface area (Å²) in [6.07, 6.45) is 9.51. The van der Waals surface area contributed by atoms with Crippen molar-refractivity contribution in [2.24, 2.45) is 17.8 Å². The van der Waals surface area contributed by atoms with Crippen molar-refractivity contribution in [3.8, 4) is 0 Å². The van der Waals surface area contributed by atoms with Gasteiger partial charge in [-0.3, -0.25) is 0 Å². The van der Waals surface area contributed by atoms with Crippen molar-refractivity contribution in [2.45, 2.75) is 65.2 Å². The monoisotopic (exact) mass is 264 g/mol. The summed E-state index contributed by atoms with van der Waals surface area (Å²) in [6.45, 7) is 14.4. The highest BCUT2D eigenvalue weighted by molar-refractivity contribution is 6.82. The first-order valence-electron chi connectivity index (χ1n) is 7.70. The number of hydrogen-bond acceptors (Lipinski definition) is 0. The fraction of sp³-hybridized carbons (Fsp3) is 0.765. The van der Waals surface area contributed by atoms with Gasteiger partial charge in [0.15, 0.2) is 0 Å². The van der Waals surface area contributed by atoms with Gasteiger partial charge in [0.05, 0.1) is 8.07 Å². The molecule has 1 aliphatic rings. The standard InChI is InChI=1S/C17H32Si/c1-14(2)11-18(12-15(3)4,13-16(5)6)17-9-7-8-10-17/h7-10,14-17H,11-13H2,1-6H3. The molecule has 0 N–H and O–H groups in total. The molecule has 0 aromatic heterocycles. The van der Waals surface area contributed by atoms with Crippen molar-refractivity contribution in [3.05, 3.63) is 24.3 Å². The topological polar surface area (TPSA) is 0 Å². The lowest BCUT2D eigenvalue weighted by Crippen LogP contribution is -2.42. The average Bonchev–Trinajstić information content (AvgIpc) is 2.65. The van der Waals surface area contributed by atoms with Crippen LogP contribution in [0, 0.1) is 17.8 Å². The maximum absolute atomic E-state index is 2.49. The van der Waals surface area contributed by atoms with E-state index in [9.17, 15) is 0 Å². The van der Waals surface area contributed by atoms with Crippen LogP contribution in [0.1, 0.15) is 41.5 Å². The van der Waals surface area contributed by atoms with Gasteiger partial charge in [0.2, 0.25) is 0 Å². The second-order valence-electron chi connectivity index (χ2n) is 7.45. The van der Waals surface area contributed by atoms with Crippen LogP contribution in [0.5, 0.6) is 0 Å². The van der Waals surface area contributed by atoms with Crippen LogP contribution in [-0.2, 0) is 0 Å². The van der Waals surface area contributed by atoms with E-state index < -0.39 is 8.07 Å². The second kappa shape index (κ2) is 6.74. The highest BCUT2D eigenvalue weighted by atomic mass is 28.3. The molecule has 0 radical (unpaired) electrons. The lowest BCUT2D eigenvalue weighted by molar-refractivity contribution is 0.636. The second-order valence-corrected chi connectivity index (χ2v) is 12.1. The molecule has 0 bridgehead atoms. The Hall–Kier alpha value is -0.303. The molecule has 0 saturated carbocycles. The zero-order valence-electron chi connectivity index (χ0n) is 13.2. The minimum absolute atomic E-state index is 0.796. The van der Waals surface area contributed by atoms with Gasteiger partial charge in [-0.25, -0.2) is 0 Å². The van der Waals surface area contributed by atoms with E-state index in [4.69, 9.17) is 0 Å². The number of allylic oxidation sites excluding steroid dienone is 4. The van der Waals surface area contributed by atoms with Crippen LogP contribution in [0.4, 0.5) is 0 Å². The minimum Gasteiger partial charge on any atom is -0.0803 e. The minimum atomic E-state index is -1.23. The molecular formula is C17H32Si. The Morgan fingerprint density at radius 2 is 1.06 bits per heavy atom. The van der Waals surface area contributed by atoms with Crippen molar-refractivity contribution in [1.82, 2.24) is 0 Å². The molecule has 0 unspecified atom stereocenters. The molecule has 0 atom stereocenters. The van der Waals surface area contributed by atoms with Gasteiger partial charge in [-0.1, -0.05) is 84.0 Å². The van der Waals surface area contributed by atoms with Crippen LogP contribution in [0.2, 0.25) is 23.7 Å². The summed E-state index contributed by atoms with van der Waals surface area (Å²) in [5.41, 5.74) is 0.796. The predicted molar refractivity (Wildman–Crippen MR) is 86.7 cm³/mol. The van der Waals surface area contributed by atoms with E-state index in [-0.39, 0.29) is 0 Å². The summed E-state index contributed by atoms with van der Waals surface area (Å²) in [5, 5.41) is 0. The summed E-state index contributed by atoms with van der Waals surface area (Å²) in [5.74, 6) is 2.53. The Kier molecular flexibility index (Phi) is 5.90. The summed E-state index contributed by atoms with van der Waals surface area (Å²) in [7, 11) is -1.23. The Balaban J connectivity index is 2.98. The summed E-state index contributed by atoms with van der Waals surface area (Å²) in [4.78, 5) is 0. The van der Waals surface area contributed by atoms with Gasteiger partial charge in [0.25, 0.3) is 0 Å². The molecule has 0 aromatic rings. The SMILES string of the molecule is CC(C)C[Si](CC(C)C)(CC(C)C)C1C=CC=C1. The van der Waals surface area contributed by atoms with Crippen LogP contribution in [-0.4, -0.2) is 8.07 Å². The Morgan fingerprint density at radius 3 is 1.33 bits per heavy atom. The molecule has 0 aromatic carbocycles. The van der Waals surface area contributed by atoms with Crippen LogP contribution in [0.15, 0.2) is 24.3 Å². The van der Waals surface area contributed by atoms with Crippen molar-refractivity contribution in [1.29, 1.82) is 0 Å². The lowest BCUT2D eigenvalue weighted by atomic mass is 10.2. The van der Waals surface area contributed by atoms with Crippen LogP contribution in [0.3, 0.4) is 0 Å². The number of hydrogen-bond donors (Lipinski definition) is 0. The smallest absolute Gasteiger partial charge is 0.0656 e. The Bertz CT molecular complexity index is 258. The van der Waals surface area contributed by atoms with Gasteiger partial charge in [-0.05, 0) is 23.3 Å². The lowest BCUT2D eigenvalue weighted by Gasteiger charge is -2.40. The molecule has 0 fully saturated rings. The van der Waals surface area contributed by atoms with Crippen LogP contribution >= 0.6 is 0 Å². The predicted octanol–water partition coefficient (Wildman–Crippen LogP) is 5.90. The molecule has 1 aliphatic carbocycles. The van der Waals surface area contributed by atoms with E-state index in [2.05, 4.69) is 65.8 Å².